The first-order chi connectivity index (χ1) is 18.0. The second-order valence-corrected chi connectivity index (χ2v) is 8.07. The van der Waals surface area contributed by atoms with E-state index < -0.39 is 24.2 Å². The molecule has 0 saturated heterocycles. The largest absolute Gasteiger partial charge is 0.491 e. The molecular weight excluding hydrogens is 476 g/mol. The number of benzene rings is 3. The monoisotopic (exact) mass is 508 g/mol. The number of amides is 2. The molecule has 0 saturated carbocycles. The van der Waals surface area contributed by atoms with Crippen molar-refractivity contribution in [2.45, 2.75) is 32.0 Å². The molecule has 0 fully saturated rings. The highest BCUT2D eigenvalue weighted by Crippen LogP contribution is 2.30. The summed E-state index contributed by atoms with van der Waals surface area (Å²) in [5.74, 6) is -0.0589. The molecule has 0 aromatic heterocycles. The van der Waals surface area contributed by atoms with Gasteiger partial charge in [0.25, 0.3) is 5.91 Å². The van der Waals surface area contributed by atoms with Crippen LogP contribution in [0.4, 0.5) is 10.5 Å². The third kappa shape index (κ3) is 8.32. The number of nitrogens with one attached hydrogen (secondary N) is 2. The maximum absolute atomic E-state index is 13.1. The summed E-state index contributed by atoms with van der Waals surface area (Å²) in [6, 6.07) is 20.4. The quantitative estimate of drug-likeness (QED) is 0.149. The van der Waals surface area contributed by atoms with Crippen molar-refractivity contribution in [1.29, 1.82) is 0 Å². The Kier molecular flexibility index (Phi) is 10.9. The highest BCUT2D eigenvalue weighted by molar-refractivity contribution is 6.00. The molecule has 0 aliphatic rings. The summed E-state index contributed by atoms with van der Waals surface area (Å²) in [6.07, 6.45) is 1.80. The molecule has 3 aromatic carbocycles. The molecule has 2 amide bonds. The predicted octanol–water partition coefficient (Wildman–Crippen LogP) is 4.75. The maximum Gasteiger partial charge on any atom is 0.412 e. The van der Waals surface area contributed by atoms with Gasteiger partial charge in [-0.1, -0.05) is 54.6 Å². The zero-order valence-corrected chi connectivity index (χ0v) is 20.6. The van der Waals surface area contributed by atoms with Crippen LogP contribution in [0.25, 0.3) is 10.8 Å². The number of hydrogen-bond acceptors (Lipinski definition) is 7. The van der Waals surface area contributed by atoms with Crippen LogP contribution in [0.2, 0.25) is 0 Å². The fourth-order valence-corrected chi connectivity index (χ4v) is 3.89. The summed E-state index contributed by atoms with van der Waals surface area (Å²) < 4.78 is 17.3. The average molecular weight is 509 g/mol. The lowest BCUT2D eigenvalue weighted by molar-refractivity contribution is -0.124. The van der Waals surface area contributed by atoms with Gasteiger partial charge in [0.2, 0.25) is 0 Å². The van der Waals surface area contributed by atoms with Gasteiger partial charge in [-0.15, -0.1) is 0 Å². The molecule has 3 rings (SSSR count). The third-order valence-corrected chi connectivity index (χ3v) is 5.54. The molecule has 3 aromatic rings. The van der Waals surface area contributed by atoms with Gasteiger partial charge < -0.3 is 19.3 Å². The average Bonchev–Trinajstić information content (AvgIpc) is 2.92. The van der Waals surface area contributed by atoms with Gasteiger partial charge in [-0.05, 0) is 48.9 Å². The molecule has 0 aliphatic heterocycles. The normalized spacial score (nSPS) is 12.7. The van der Waals surface area contributed by atoms with Crippen LogP contribution in [-0.4, -0.2) is 48.2 Å². The van der Waals surface area contributed by atoms with E-state index >= 15 is 0 Å². The second kappa shape index (κ2) is 14.6. The lowest BCUT2D eigenvalue weighted by atomic mass is 10.00. The van der Waals surface area contributed by atoms with Gasteiger partial charge in [0.1, 0.15) is 12.4 Å². The molecule has 0 aliphatic carbocycles. The SMILES string of the molecule is CCO[C@H](CC/C=C/C(=O)NO)[C@H](OC(=O)Nc1cccc2ccccc12)c1ccc(OCCO)cc1. The number of hydroxylamine groups is 1. The summed E-state index contributed by atoms with van der Waals surface area (Å²) in [4.78, 5) is 24.4. The van der Waals surface area contributed by atoms with Gasteiger partial charge in [-0.2, -0.15) is 0 Å². The van der Waals surface area contributed by atoms with Crippen molar-refractivity contribution < 1.29 is 34.1 Å². The van der Waals surface area contributed by atoms with Crippen molar-refractivity contribution in [2.75, 3.05) is 25.1 Å². The van der Waals surface area contributed by atoms with E-state index in [0.717, 1.165) is 10.8 Å². The van der Waals surface area contributed by atoms with Crippen molar-refractivity contribution >= 4 is 28.5 Å². The van der Waals surface area contributed by atoms with Crippen molar-refractivity contribution in [1.82, 2.24) is 5.48 Å². The number of fused-ring (bicyclic) bond motifs is 1. The van der Waals surface area contributed by atoms with Crippen LogP contribution in [-0.2, 0) is 14.3 Å². The smallest absolute Gasteiger partial charge is 0.412 e. The predicted molar refractivity (Wildman–Crippen MR) is 140 cm³/mol. The van der Waals surface area contributed by atoms with Crippen molar-refractivity contribution in [3.8, 4) is 5.75 Å². The Labute approximate surface area is 215 Å². The first-order valence-corrected chi connectivity index (χ1v) is 12.1. The molecule has 0 spiro atoms. The van der Waals surface area contributed by atoms with E-state index in [2.05, 4.69) is 5.32 Å². The fraction of sp³-hybridized carbons (Fsp3) is 0.286. The maximum atomic E-state index is 13.1. The molecule has 0 radical (unpaired) electrons. The highest BCUT2D eigenvalue weighted by atomic mass is 16.6. The first kappa shape index (κ1) is 27.7. The van der Waals surface area contributed by atoms with Crippen LogP contribution in [0.5, 0.6) is 5.75 Å². The van der Waals surface area contributed by atoms with Gasteiger partial charge in [0.15, 0.2) is 6.10 Å². The van der Waals surface area contributed by atoms with Crippen LogP contribution >= 0.6 is 0 Å². The van der Waals surface area contributed by atoms with Gasteiger partial charge >= 0.3 is 6.09 Å². The van der Waals surface area contributed by atoms with Gasteiger partial charge in [-0.25, -0.2) is 10.3 Å². The number of carbonyl (C=O) groups excluding carboxylic acids is 2. The minimum Gasteiger partial charge on any atom is -0.491 e. The van der Waals surface area contributed by atoms with E-state index in [0.29, 0.717) is 36.4 Å². The van der Waals surface area contributed by atoms with Crippen LogP contribution in [0.3, 0.4) is 0 Å². The summed E-state index contributed by atoms with van der Waals surface area (Å²) in [5, 5.41) is 22.4. The molecule has 0 bridgehead atoms. The lowest BCUT2D eigenvalue weighted by Crippen LogP contribution is -2.29. The van der Waals surface area contributed by atoms with Crippen LogP contribution < -0.4 is 15.5 Å². The molecule has 0 unspecified atom stereocenters. The van der Waals surface area contributed by atoms with Crippen molar-refractivity contribution in [2.24, 2.45) is 0 Å². The zero-order chi connectivity index (χ0) is 26.5. The van der Waals surface area contributed by atoms with E-state index in [1.165, 1.54) is 6.08 Å². The van der Waals surface area contributed by atoms with E-state index in [1.54, 1.807) is 35.8 Å². The van der Waals surface area contributed by atoms with Gasteiger partial charge in [0, 0.05) is 18.1 Å². The van der Waals surface area contributed by atoms with Crippen LogP contribution in [0.15, 0.2) is 78.9 Å². The lowest BCUT2D eigenvalue weighted by Gasteiger charge is -2.27. The number of anilines is 1. The number of allylic oxidation sites excluding steroid dienone is 1. The van der Waals surface area contributed by atoms with Gasteiger partial charge in [0.05, 0.1) is 18.4 Å². The van der Waals surface area contributed by atoms with Crippen molar-refractivity contribution in [3.63, 3.8) is 0 Å². The number of aliphatic hydroxyl groups excluding tert-OH is 1. The topological polar surface area (TPSA) is 126 Å². The van der Waals surface area contributed by atoms with E-state index in [-0.39, 0.29) is 13.2 Å². The Morgan fingerprint density at radius 1 is 1.03 bits per heavy atom. The second-order valence-electron chi connectivity index (χ2n) is 8.07. The Morgan fingerprint density at radius 2 is 1.78 bits per heavy atom. The Hall–Kier alpha value is -3.92. The number of carbonyl (C=O) groups is 2. The van der Waals surface area contributed by atoms with E-state index in [1.807, 2.05) is 49.4 Å². The number of rotatable bonds is 13. The first-order valence-electron chi connectivity index (χ1n) is 12.1. The minimum absolute atomic E-state index is 0.101. The summed E-state index contributed by atoms with van der Waals surface area (Å²) in [6.45, 7) is 2.30. The molecular formula is C28H32N2O7. The summed E-state index contributed by atoms with van der Waals surface area (Å²) >= 11 is 0. The third-order valence-electron chi connectivity index (χ3n) is 5.54. The van der Waals surface area contributed by atoms with E-state index in [4.69, 9.17) is 24.5 Å². The van der Waals surface area contributed by atoms with Crippen molar-refractivity contribution in [3.05, 3.63) is 84.4 Å². The Morgan fingerprint density at radius 3 is 2.51 bits per heavy atom. The number of ether oxygens (including phenoxy) is 3. The minimum atomic E-state index is -0.762. The molecule has 196 valence electrons. The Bertz CT molecular complexity index is 1180. The Balaban J connectivity index is 1.82. The van der Waals surface area contributed by atoms with Gasteiger partial charge in [-0.3, -0.25) is 15.3 Å². The zero-order valence-electron chi connectivity index (χ0n) is 20.6. The van der Waals surface area contributed by atoms with Crippen LogP contribution in [0, 0.1) is 0 Å². The molecule has 2 atom stereocenters. The standard InChI is InChI=1S/C28H32N2O7/c1-2-35-25(12-5-6-13-26(32)30-34)27(21-14-16-22(17-15-21)36-19-18-31)37-28(33)29-24-11-7-9-20-8-3-4-10-23(20)24/h3-4,6-11,13-17,25,27,31,34H,2,5,12,18-19H2,1H3,(H,29,33)(H,30,32)/b13-6+/t25-,27-/m1/s1. The fourth-order valence-electron chi connectivity index (χ4n) is 3.89. The molecule has 9 heteroatoms. The molecule has 37 heavy (non-hydrogen) atoms. The number of aliphatic hydroxyl groups is 1. The molecule has 4 N–H and O–H groups in total. The summed E-state index contributed by atoms with van der Waals surface area (Å²) in [5.41, 5.74) is 2.87. The highest BCUT2D eigenvalue weighted by Gasteiger charge is 2.28. The van der Waals surface area contributed by atoms with Crippen LogP contribution in [0.1, 0.15) is 31.4 Å². The molecule has 0 heterocycles. The summed E-state index contributed by atoms with van der Waals surface area (Å²) in [7, 11) is 0. The molecule has 9 nitrogen and oxygen atoms in total. The van der Waals surface area contributed by atoms with E-state index in [9.17, 15) is 9.59 Å². The number of hydrogen-bond donors (Lipinski definition) is 4.